The highest BCUT2D eigenvalue weighted by atomic mass is 19.3. The molecular weight excluding hydrogens is 404 g/mol. The van der Waals surface area contributed by atoms with Gasteiger partial charge in [-0.2, -0.15) is 0 Å². The van der Waals surface area contributed by atoms with E-state index in [1.54, 1.807) is 27.7 Å². The second kappa shape index (κ2) is 9.89. The Bertz CT molecular complexity index is 791. The zero-order valence-electron chi connectivity index (χ0n) is 17.7. The minimum absolute atomic E-state index is 0.0801. The molecule has 0 spiro atoms. The molecule has 0 unspecified atom stereocenters. The van der Waals surface area contributed by atoms with Gasteiger partial charge in [0.25, 0.3) is 5.92 Å². The molecular formula is C17H29F2N7O4. The van der Waals surface area contributed by atoms with Crippen molar-refractivity contribution in [3.05, 3.63) is 22.5 Å². The number of imidazole rings is 1. The molecule has 1 heterocycles. The third kappa shape index (κ3) is 6.99. The maximum Gasteiger partial charge on any atom is 0.434 e. The quantitative estimate of drug-likeness (QED) is 0.171. The lowest BCUT2D eigenvalue weighted by atomic mass is 9.95. The summed E-state index contributed by atoms with van der Waals surface area (Å²) in [6.07, 6.45) is 2.76. The molecule has 170 valence electrons. The summed E-state index contributed by atoms with van der Waals surface area (Å²) in [6, 6.07) is 0. The molecule has 0 aliphatic carbocycles. The fraction of sp³-hybridized carbons (Fsp3) is 0.706. The third-order valence-electron chi connectivity index (χ3n) is 4.92. The van der Waals surface area contributed by atoms with Crippen LogP contribution in [0, 0.1) is 10.1 Å². The summed E-state index contributed by atoms with van der Waals surface area (Å²) in [6.45, 7) is 6.57. The van der Waals surface area contributed by atoms with Crippen molar-refractivity contribution in [2.24, 2.45) is 10.3 Å². The van der Waals surface area contributed by atoms with Gasteiger partial charge in [-0.1, -0.05) is 15.3 Å². The normalized spacial score (nSPS) is 14.2. The van der Waals surface area contributed by atoms with E-state index in [9.17, 15) is 24.1 Å². The van der Waals surface area contributed by atoms with E-state index in [0.717, 1.165) is 0 Å². The zero-order chi connectivity index (χ0) is 23.2. The van der Waals surface area contributed by atoms with Gasteiger partial charge < -0.3 is 31.2 Å². The van der Waals surface area contributed by atoms with E-state index >= 15 is 0 Å². The average Bonchev–Trinajstić information content (AvgIpc) is 3.14. The van der Waals surface area contributed by atoms with Crippen molar-refractivity contribution in [3.63, 3.8) is 0 Å². The number of hydrogen-bond donors (Lipinski definition) is 4. The molecule has 0 saturated carbocycles. The number of nitrogens with zero attached hydrogens (tertiary/aromatic N) is 5. The number of alkyl halides is 2. The van der Waals surface area contributed by atoms with Gasteiger partial charge in [-0.25, -0.2) is 13.3 Å². The highest BCUT2D eigenvalue weighted by molar-refractivity contribution is 5.92. The molecule has 0 aromatic carbocycles. The predicted octanol–water partition coefficient (Wildman–Crippen LogP) is 2.23. The summed E-state index contributed by atoms with van der Waals surface area (Å²) in [5.74, 6) is -3.52. The van der Waals surface area contributed by atoms with Gasteiger partial charge >= 0.3 is 5.95 Å². The molecule has 11 nitrogen and oxygen atoms in total. The number of aryl methyl sites for hydroxylation is 1. The van der Waals surface area contributed by atoms with Gasteiger partial charge in [0.15, 0.2) is 0 Å². The number of oxime groups is 2. The van der Waals surface area contributed by atoms with Gasteiger partial charge in [-0.3, -0.25) is 0 Å². The Balaban J connectivity index is 2.70. The van der Waals surface area contributed by atoms with E-state index in [0.29, 0.717) is 0 Å². The van der Waals surface area contributed by atoms with Crippen LogP contribution in [0.3, 0.4) is 0 Å². The molecule has 30 heavy (non-hydrogen) atoms. The largest absolute Gasteiger partial charge is 0.434 e. The Morgan fingerprint density at radius 2 is 1.77 bits per heavy atom. The van der Waals surface area contributed by atoms with Crippen LogP contribution < -0.4 is 10.6 Å². The standard InChI is InChI=1S/C17H29F2N7O4/c1-12(23-27)15(2,3)21-10-17(18,19)11-22-16(4,5)13(24-28)6-8-25-9-7-20-14(25)26(29)30/h7,9,21-22,27-28H,6,8,10-11H2,1-5H3/b23-12-,24-13+. The maximum atomic E-state index is 14.4. The second-order valence-electron chi connectivity index (χ2n) is 7.97. The highest BCUT2D eigenvalue weighted by Crippen LogP contribution is 2.18. The summed E-state index contributed by atoms with van der Waals surface area (Å²) in [5, 5.41) is 40.7. The average molecular weight is 433 g/mol. The summed E-state index contributed by atoms with van der Waals surface area (Å²) < 4.78 is 30.0. The van der Waals surface area contributed by atoms with Crippen LogP contribution in [0.1, 0.15) is 41.0 Å². The molecule has 0 atom stereocenters. The minimum Gasteiger partial charge on any atom is -0.411 e. The molecule has 1 aromatic heterocycles. The highest BCUT2D eigenvalue weighted by Gasteiger charge is 2.36. The molecule has 0 aliphatic heterocycles. The number of aromatic nitrogens is 2. The van der Waals surface area contributed by atoms with Gasteiger partial charge in [0, 0.05) is 6.42 Å². The van der Waals surface area contributed by atoms with Crippen molar-refractivity contribution in [2.75, 3.05) is 13.1 Å². The van der Waals surface area contributed by atoms with Crippen LogP contribution >= 0.6 is 0 Å². The van der Waals surface area contributed by atoms with Gasteiger partial charge in [-0.15, -0.1) is 0 Å². The Morgan fingerprint density at radius 1 is 1.20 bits per heavy atom. The topological polar surface area (TPSA) is 150 Å². The van der Waals surface area contributed by atoms with Gasteiger partial charge in [0.2, 0.25) is 0 Å². The van der Waals surface area contributed by atoms with Gasteiger partial charge in [0.1, 0.15) is 12.4 Å². The predicted molar refractivity (Wildman–Crippen MR) is 107 cm³/mol. The molecule has 13 heteroatoms. The number of hydrogen-bond acceptors (Lipinski definition) is 9. The second-order valence-corrected chi connectivity index (χ2v) is 7.97. The van der Waals surface area contributed by atoms with E-state index < -0.39 is 35.0 Å². The summed E-state index contributed by atoms with van der Waals surface area (Å²) >= 11 is 0. The smallest absolute Gasteiger partial charge is 0.411 e. The lowest BCUT2D eigenvalue weighted by Gasteiger charge is -2.32. The minimum atomic E-state index is -3.16. The van der Waals surface area contributed by atoms with Crippen molar-refractivity contribution in [3.8, 4) is 0 Å². The molecule has 0 amide bonds. The SMILES string of the molecule is C/C(=N/O)C(C)(C)NCC(F)(F)CNC(C)(C)/C(CCn1ccnc1[N+](=O)[O-])=N/O. The summed E-state index contributed by atoms with van der Waals surface area (Å²) in [4.78, 5) is 13.9. The zero-order valence-corrected chi connectivity index (χ0v) is 17.7. The summed E-state index contributed by atoms with van der Waals surface area (Å²) in [5.41, 5.74) is -1.62. The number of nitrogens with one attached hydrogen (secondary N) is 2. The van der Waals surface area contributed by atoms with Gasteiger partial charge in [0.05, 0.1) is 42.1 Å². The first-order valence-corrected chi connectivity index (χ1v) is 9.19. The Kier molecular flexibility index (Phi) is 8.36. The lowest BCUT2D eigenvalue weighted by molar-refractivity contribution is -0.396. The van der Waals surface area contributed by atoms with Crippen LogP contribution in [0.25, 0.3) is 0 Å². The molecule has 0 fully saturated rings. The molecule has 0 saturated heterocycles. The van der Waals surface area contributed by atoms with E-state index in [4.69, 9.17) is 5.21 Å². The molecule has 1 rings (SSSR count). The van der Waals surface area contributed by atoms with Crippen LogP contribution in [0.4, 0.5) is 14.7 Å². The summed E-state index contributed by atoms with van der Waals surface area (Å²) in [7, 11) is 0. The van der Waals surface area contributed by atoms with E-state index in [2.05, 4.69) is 25.9 Å². The monoisotopic (exact) mass is 433 g/mol. The fourth-order valence-electron chi connectivity index (χ4n) is 2.48. The van der Waals surface area contributed by atoms with Crippen molar-refractivity contribution < 1.29 is 24.1 Å². The van der Waals surface area contributed by atoms with Crippen LogP contribution in [-0.4, -0.2) is 66.4 Å². The van der Waals surface area contributed by atoms with Crippen LogP contribution in [-0.2, 0) is 6.54 Å². The molecule has 0 aliphatic rings. The molecule has 4 N–H and O–H groups in total. The fourth-order valence-corrected chi connectivity index (χ4v) is 2.48. The van der Waals surface area contributed by atoms with Crippen LogP contribution in [0.2, 0.25) is 0 Å². The molecule has 0 radical (unpaired) electrons. The molecule has 0 bridgehead atoms. The lowest BCUT2D eigenvalue weighted by Crippen LogP contribution is -2.56. The Hall–Kier alpha value is -2.67. The van der Waals surface area contributed by atoms with E-state index in [1.165, 1.54) is 23.9 Å². The first-order chi connectivity index (χ1) is 13.8. The van der Waals surface area contributed by atoms with Crippen molar-refractivity contribution in [1.82, 2.24) is 20.2 Å². The Labute approximate surface area is 173 Å². The van der Waals surface area contributed by atoms with Crippen LogP contribution in [0.5, 0.6) is 0 Å². The third-order valence-corrected chi connectivity index (χ3v) is 4.92. The number of rotatable bonds is 12. The van der Waals surface area contributed by atoms with E-state index in [-0.39, 0.29) is 30.3 Å². The van der Waals surface area contributed by atoms with Crippen molar-refractivity contribution in [1.29, 1.82) is 0 Å². The number of nitro groups is 1. The van der Waals surface area contributed by atoms with Crippen molar-refractivity contribution >= 4 is 17.4 Å². The Morgan fingerprint density at radius 3 is 2.27 bits per heavy atom. The van der Waals surface area contributed by atoms with Gasteiger partial charge in [-0.05, 0) is 39.5 Å². The van der Waals surface area contributed by atoms with Crippen LogP contribution in [0.15, 0.2) is 22.7 Å². The number of halogens is 2. The van der Waals surface area contributed by atoms with Crippen molar-refractivity contribution in [2.45, 2.75) is 64.6 Å². The van der Waals surface area contributed by atoms with E-state index in [1.807, 2.05) is 0 Å². The first kappa shape index (κ1) is 25.4. The first-order valence-electron chi connectivity index (χ1n) is 9.19. The molecule has 1 aromatic rings. The maximum absolute atomic E-state index is 14.4.